The molecule has 0 saturated carbocycles. The molecule has 0 spiro atoms. The molecule has 0 aromatic heterocycles. The van der Waals surface area contributed by atoms with Crippen LogP contribution in [0.15, 0.2) is 48.5 Å². The summed E-state index contributed by atoms with van der Waals surface area (Å²) in [5.74, 6) is -4.53. The van der Waals surface area contributed by atoms with E-state index in [0.717, 1.165) is 0 Å². The van der Waals surface area contributed by atoms with Crippen LogP contribution in [0, 0.1) is 0 Å². The van der Waals surface area contributed by atoms with Crippen molar-refractivity contribution in [3.63, 3.8) is 0 Å². The zero-order chi connectivity index (χ0) is 22.3. The lowest BCUT2D eigenvalue weighted by Crippen LogP contribution is -2.39. The van der Waals surface area contributed by atoms with E-state index >= 15 is 0 Å². The molecule has 0 unspecified atom stereocenters. The average molecular weight is 406 g/mol. The van der Waals surface area contributed by atoms with E-state index in [1.54, 1.807) is 0 Å². The van der Waals surface area contributed by atoms with Crippen molar-refractivity contribution in [3.05, 3.63) is 70.7 Å². The van der Waals surface area contributed by atoms with Crippen molar-refractivity contribution >= 4 is 34.6 Å². The van der Waals surface area contributed by atoms with Gasteiger partial charge in [0.25, 0.3) is 11.6 Å². The molecule has 0 N–H and O–H groups in total. The molecule has 0 atom stereocenters. The summed E-state index contributed by atoms with van der Waals surface area (Å²) in [6.07, 6.45) is 0. The molecule has 0 heterocycles. The zero-order valence-corrected chi connectivity index (χ0v) is 15.9. The number of hydrogen-bond donors (Lipinski definition) is 0. The smallest absolute Gasteiger partial charge is 0.413 e. The molecule has 10 heteroatoms. The lowest BCUT2D eigenvalue weighted by Gasteiger charge is -2.01. The minimum Gasteiger partial charge on any atom is -0.497 e. The van der Waals surface area contributed by atoms with E-state index in [9.17, 15) is 19.2 Å². The summed E-state index contributed by atoms with van der Waals surface area (Å²) < 4.78 is 9.90. The van der Waals surface area contributed by atoms with Gasteiger partial charge >= 0.3 is 23.0 Å². The lowest BCUT2D eigenvalue weighted by molar-refractivity contribution is -0.133. The number of Topliss-reactive ketones (excluding diaryl/α,β-unsaturated/α-hetero) is 4. The Hall–Kier alpha value is -4.52. The van der Waals surface area contributed by atoms with E-state index in [1.165, 1.54) is 62.8 Å². The van der Waals surface area contributed by atoms with Crippen LogP contribution in [-0.2, 0) is 9.59 Å². The molecule has 30 heavy (non-hydrogen) atoms. The molecule has 0 aliphatic rings. The van der Waals surface area contributed by atoms with E-state index in [4.69, 9.17) is 20.5 Å². The van der Waals surface area contributed by atoms with Crippen LogP contribution < -0.4 is 9.47 Å². The van der Waals surface area contributed by atoms with Crippen molar-refractivity contribution in [2.24, 2.45) is 0 Å². The molecular formula is C20H14N4O6. The highest BCUT2D eigenvalue weighted by atomic mass is 16.5. The Labute approximate surface area is 169 Å². The number of rotatable bonds is 9. The van der Waals surface area contributed by atoms with Gasteiger partial charge in [0.05, 0.1) is 14.2 Å². The zero-order valence-electron chi connectivity index (χ0n) is 15.9. The van der Waals surface area contributed by atoms with Crippen molar-refractivity contribution in [1.29, 1.82) is 0 Å². The molecule has 2 aromatic carbocycles. The number of carbonyl (C=O) groups excluding carboxylic acids is 4. The van der Waals surface area contributed by atoms with Crippen molar-refractivity contribution in [2.75, 3.05) is 14.2 Å². The highest BCUT2D eigenvalue weighted by Gasteiger charge is 2.44. The van der Waals surface area contributed by atoms with Gasteiger partial charge in [0.2, 0.25) is 0 Å². The first-order chi connectivity index (χ1) is 14.4. The number of benzene rings is 2. The van der Waals surface area contributed by atoms with Gasteiger partial charge < -0.3 is 20.5 Å². The first-order valence-corrected chi connectivity index (χ1v) is 8.28. The van der Waals surface area contributed by atoms with Crippen LogP contribution in [0.4, 0.5) is 0 Å². The van der Waals surface area contributed by atoms with Crippen LogP contribution in [0.25, 0.3) is 11.1 Å². The second-order valence-corrected chi connectivity index (χ2v) is 5.67. The van der Waals surface area contributed by atoms with E-state index in [2.05, 4.69) is 9.58 Å². The van der Waals surface area contributed by atoms with Gasteiger partial charge in [-0.1, -0.05) is 0 Å². The normalized spacial score (nSPS) is 9.53. The first-order valence-electron chi connectivity index (χ1n) is 8.28. The molecule has 0 fully saturated rings. The van der Waals surface area contributed by atoms with Crippen molar-refractivity contribution < 1.29 is 38.2 Å². The SMILES string of the molecule is COc1ccc(C(=O)C(=[N+]=[N-])C(=O)C(=O)C(=[N+]=[N-])C(=O)c2ccc(OC)cc2)cc1. The fourth-order valence-electron chi connectivity index (χ4n) is 2.36. The summed E-state index contributed by atoms with van der Waals surface area (Å²) in [6.45, 7) is 0. The van der Waals surface area contributed by atoms with Crippen LogP contribution in [0.3, 0.4) is 0 Å². The van der Waals surface area contributed by atoms with Gasteiger partial charge in [0, 0.05) is 11.1 Å². The molecule has 0 amide bonds. The third-order valence-corrected chi connectivity index (χ3v) is 3.97. The highest BCUT2D eigenvalue weighted by Crippen LogP contribution is 2.14. The van der Waals surface area contributed by atoms with Gasteiger partial charge in [-0.2, -0.15) is 9.58 Å². The summed E-state index contributed by atoms with van der Waals surface area (Å²) in [6, 6.07) is 10.8. The van der Waals surface area contributed by atoms with Crippen molar-refractivity contribution in [1.82, 2.24) is 0 Å². The summed E-state index contributed by atoms with van der Waals surface area (Å²) >= 11 is 0. The van der Waals surface area contributed by atoms with Crippen molar-refractivity contribution in [3.8, 4) is 11.5 Å². The summed E-state index contributed by atoms with van der Waals surface area (Å²) in [4.78, 5) is 54.9. The molecule has 2 aromatic rings. The van der Waals surface area contributed by atoms with Gasteiger partial charge in [0.1, 0.15) is 11.5 Å². The lowest BCUT2D eigenvalue weighted by atomic mass is 9.96. The van der Waals surface area contributed by atoms with Crippen LogP contribution in [-0.4, -0.2) is 58.4 Å². The molecule has 0 radical (unpaired) electrons. The number of nitrogens with zero attached hydrogens (tertiary/aromatic N) is 4. The molecule has 0 bridgehead atoms. The molecule has 0 aliphatic carbocycles. The van der Waals surface area contributed by atoms with Gasteiger partial charge in [0.15, 0.2) is 0 Å². The Bertz CT molecular complexity index is 1030. The minimum absolute atomic E-state index is 0.0753. The quantitative estimate of drug-likeness (QED) is 0.152. The number of methoxy groups -OCH3 is 2. The predicted octanol–water partition coefficient (Wildman–Crippen LogP) is 1.25. The maximum atomic E-state index is 12.4. The van der Waals surface area contributed by atoms with Gasteiger partial charge in [-0.3, -0.25) is 19.2 Å². The van der Waals surface area contributed by atoms with Crippen LogP contribution >= 0.6 is 0 Å². The Morgan fingerprint density at radius 1 is 0.633 bits per heavy atom. The van der Waals surface area contributed by atoms with E-state index < -0.39 is 34.6 Å². The monoisotopic (exact) mass is 406 g/mol. The summed E-state index contributed by atoms with van der Waals surface area (Å²) in [5.41, 5.74) is 15.8. The Morgan fingerprint density at radius 3 is 1.17 bits per heavy atom. The fraction of sp³-hybridized carbons (Fsp3) is 0.100. The topological polar surface area (TPSA) is 160 Å². The predicted molar refractivity (Wildman–Crippen MR) is 102 cm³/mol. The van der Waals surface area contributed by atoms with Crippen LogP contribution in [0.1, 0.15) is 20.7 Å². The molecular weight excluding hydrogens is 392 g/mol. The summed E-state index contributed by atoms with van der Waals surface area (Å²) in [7, 11) is 2.82. The third-order valence-electron chi connectivity index (χ3n) is 3.97. The Balaban J connectivity index is 2.30. The number of ether oxygens (including phenoxy) is 2. The fourth-order valence-corrected chi connectivity index (χ4v) is 2.36. The van der Waals surface area contributed by atoms with Crippen LogP contribution in [0.5, 0.6) is 11.5 Å². The molecule has 10 nitrogen and oxygen atoms in total. The number of hydrogen-bond acceptors (Lipinski definition) is 6. The third kappa shape index (κ3) is 4.48. The number of carbonyl (C=O) groups is 4. The maximum Gasteiger partial charge on any atom is 0.413 e. The largest absolute Gasteiger partial charge is 0.497 e. The summed E-state index contributed by atoms with van der Waals surface area (Å²) in [5, 5.41) is 0. The maximum absolute atomic E-state index is 12.4. The van der Waals surface area contributed by atoms with Crippen molar-refractivity contribution in [2.45, 2.75) is 0 Å². The Kier molecular flexibility index (Phi) is 6.97. The highest BCUT2D eigenvalue weighted by molar-refractivity contribution is 6.93. The van der Waals surface area contributed by atoms with E-state index in [-0.39, 0.29) is 11.1 Å². The van der Waals surface area contributed by atoms with Crippen LogP contribution in [0.2, 0.25) is 0 Å². The molecule has 0 saturated heterocycles. The Morgan fingerprint density at radius 2 is 0.933 bits per heavy atom. The van der Waals surface area contributed by atoms with E-state index in [0.29, 0.717) is 11.5 Å². The standard InChI is InChI=1S/C20H14N4O6/c1-29-13-7-3-11(4-8-13)17(25)15(23-21)19(27)20(28)16(24-22)18(26)12-5-9-14(30-2)10-6-12/h3-10H,1-2H3. The number of ketones is 4. The second-order valence-electron chi connectivity index (χ2n) is 5.67. The molecule has 2 rings (SSSR count). The molecule has 150 valence electrons. The van der Waals surface area contributed by atoms with Gasteiger partial charge in [-0.05, 0) is 48.5 Å². The van der Waals surface area contributed by atoms with E-state index in [1.807, 2.05) is 0 Å². The van der Waals surface area contributed by atoms with Gasteiger partial charge in [-0.15, -0.1) is 0 Å². The average Bonchev–Trinajstić information content (AvgIpc) is 2.79. The first kappa shape index (κ1) is 21.8. The molecule has 0 aliphatic heterocycles. The second kappa shape index (κ2) is 9.61. The van der Waals surface area contributed by atoms with Gasteiger partial charge in [-0.25, -0.2) is 0 Å². The minimum atomic E-state index is -1.62.